The number of hydrogen-bond acceptors (Lipinski definition) is 11. The van der Waals surface area contributed by atoms with Gasteiger partial charge in [0.1, 0.15) is 23.1 Å². The van der Waals surface area contributed by atoms with Crippen molar-refractivity contribution >= 4 is 28.7 Å². The molecule has 14 heteroatoms. The number of nitro groups is 2. The van der Waals surface area contributed by atoms with Gasteiger partial charge in [-0.3, -0.25) is 30.2 Å². The number of pyridine rings is 2. The van der Waals surface area contributed by atoms with Crippen LogP contribution in [0.1, 0.15) is 66.7 Å². The van der Waals surface area contributed by atoms with Crippen LogP contribution in [-0.2, 0) is 14.2 Å². The van der Waals surface area contributed by atoms with Crippen molar-refractivity contribution in [1.82, 2.24) is 14.9 Å². The molecule has 0 aromatic carbocycles. The van der Waals surface area contributed by atoms with E-state index in [2.05, 4.69) is 42.6 Å². The molecule has 2 unspecified atom stereocenters. The molecule has 0 spiro atoms. The second-order valence-electron chi connectivity index (χ2n) is 10.4. The van der Waals surface area contributed by atoms with Gasteiger partial charge in [0.05, 0.1) is 28.7 Å². The van der Waals surface area contributed by atoms with Crippen LogP contribution in [0.3, 0.4) is 0 Å². The molecule has 0 aliphatic carbocycles. The van der Waals surface area contributed by atoms with Crippen molar-refractivity contribution in [2.45, 2.75) is 78.9 Å². The lowest BCUT2D eigenvalue weighted by Gasteiger charge is -2.32. The molecule has 2 atom stereocenters. The van der Waals surface area contributed by atoms with Crippen molar-refractivity contribution in [3.8, 4) is 0 Å². The van der Waals surface area contributed by atoms with Crippen LogP contribution >= 0.6 is 11.6 Å². The van der Waals surface area contributed by atoms with E-state index in [1.807, 2.05) is 11.8 Å². The SMILES string of the molecule is C1CCOC1.CC1CCCCO1.CC1CN(c2ccncc2[N+](=O)[O-])CCO1.CCN(CC)CC.O=[N+]([O-])c1cnccc1Cl. The Kier molecular flexibility index (Phi) is 21.6. The minimum absolute atomic E-state index is 0.0524. The van der Waals surface area contributed by atoms with Crippen LogP contribution in [0.15, 0.2) is 36.9 Å². The standard InChI is InChI=1S/C10H13N3O3.C6H15N.C6H12O.C5H3ClN2O2.C4H8O/c1-8-7-12(4-5-16-8)9-2-3-11-6-10(9)13(14)15;1-4-7(5-2)6-3;1-6-4-2-3-5-7-6;6-4-1-2-7-3-5(4)8(9)10;1-2-4-5-3-1/h2-3,6,8H,4-5,7H2,1H3;4-6H2,1-3H3;6H,2-5H2,1H3;1-3H;1-4H2. The molecule has 254 valence electrons. The van der Waals surface area contributed by atoms with Crippen molar-refractivity contribution in [3.05, 3.63) is 62.2 Å². The zero-order valence-electron chi connectivity index (χ0n) is 27.4. The van der Waals surface area contributed by atoms with Crippen molar-refractivity contribution < 1.29 is 24.1 Å². The van der Waals surface area contributed by atoms with Crippen LogP contribution in [-0.4, -0.2) is 96.1 Å². The van der Waals surface area contributed by atoms with Crippen molar-refractivity contribution in [2.75, 3.05) is 64.1 Å². The molecule has 0 saturated carbocycles. The lowest BCUT2D eigenvalue weighted by atomic mass is 10.1. The highest BCUT2D eigenvalue weighted by molar-refractivity contribution is 6.32. The number of nitrogens with zero attached hydrogens (tertiary/aromatic N) is 6. The van der Waals surface area contributed by atoms with Gasteiger partial charge in [0.25, 0.3) is 0 Å². The Morgan fingerprint density at radius 2 is 1.40 bits per heavy atom. The summed E-state index contributed by atoms with van der Waals surface area (Å²) in [7, 11) is 0. The van der Waals surface area contributed by atoms with E-state index < -0.39 is 9.85 Å². The molecule has 3 aliphatic rings. The summed E-state index contributed by atoms with van der Waals surface area (Å²) in [6.07, 6.45) is 12.5. The van der Waals surface area contributed by atoms with Gasteiger partial charge in [-0.15, -0.1) is 0 Å². The molecule has 45 heavy (non-hydrogen) atoms. The lowest BCUT2D eigenvalue weighted by molar-refractivity contribution is -0.385. The molecule has 5 rings (SSSR count). The molecule has 2 aromatic heterocycles. The number of aromatic nitrogens is 2. The quantitative estimate of drug-likeness (QED) is 0.246. The van der Waals surface area contributed by atoms with Crippen LogP contribution in [0, 0.1) is 20.2 Å². The maximum absolute atomic E-state index is 10.9. The Morgan fingerprint density at radius 3 is 1.78 bits per heavy atom. The minimum Gasteiger partial charge on any atom is -0.381 e. The van der Waals surface area contributed by atoms with E-state index in [-0.39, 0.29) is 22.5 Å². The van der Waals surface area contributed by atoms with Gasteiger partial charge in [0.15, 0.2) is 0 Å². The van der Waals surface area contributed by atoms with E-state index in [0.29, 0.717) is 31.5 Å². The number of rotatable bonds is 6. The molecule has 13 nitrogen and oxygen atoms in total. The molecule has 2 aromatic rings. The summed E-state index contributed by atoms with van der Waals surface area (Å²) in [5.74, 6) is 0. The van der Waals surface area contributed by atoms with E-state index >= 15 is 0 Å². The summed E-state index contributed by atoms with van der Waals surface area (Å²) < 4.78 is 15.6. The van der Waals surface area contributed by atoms with Crippen LogP contribution < -0.4 is 4.90 Å². The van der Waals surface area contributed by atoms with Gasteiger partial charge in [-0.05, 0) is 77.7 Å². The van der Waals surface area contributed by atoms with Crippen molar-refractivity contribution in [2.24, 2.45) is 0 Å². The Balaban J connectivity index is 0.000000301. The maximum atomic E-state index is 10.9. The van der Waals surface area contributed by atoms with Gasteiger partial charge in [-0.1, -0.05) is 32.4 Å². The fourth-order valence-electron chi connectivity index (χ4n) is 4.41. The Morgan fingerprint density at radius 1 is 0.844 bits per heavy atom. The summed E-state index contributed by atoms with van der Waals surface area (Å²) in [5.41, 5.74) is 0.510. The highest BCUT2D eigenvalue weighted by Gasteiger charge is 2.23. The summed E-state index contributed by atoms with van der Waals surface area (Å²) in [4.78, 5) is 31.6. The normalized spacial score (nSPS) is 18.9. The molecule has 0 amide bonds. The fourth-order valence-corrected chi connectivity index (χ4v) is 4.58. The van der Waals surface area contributed by atoms with Crippen LogP contribution in [0.5, 0.6) is 0 Å². The molecular weight excluding hydrogens is 604 g/mol. The van der Waals surface area contributed by atoms with E-state index in [1.165, 1.54) is 70.2 Å². The molecule has 0 N–H and O–H groups in total. The predicted molar refractivity (Wildman–Crippen MR) is 177 cm³/mol. The topological polar surface area (TPSA) is 146 Å². The molecule has 3 fully saturated rings. The van der Waals surface area contributed by atoms with Crippen LogP contribution in [0.25, 0.3) is 0 Å². The average molecular weight is 655 g/mol. The summed E-state index contributed by atoms with van der Waals surface area (Å²) in [6.45, 7) is 19.2. The van der Waals surface area contributed by atoms with Gasteiger partial charge in [-0.2, -0.15) is 0 Å². The Hall–Kier alpha value is -2.97. The van der Waals surface area contributed by atoms with Crippen molar-refractivity contribution in [3.63, 3.8) is 0 Å². The van der Waals surface area contributed by atoms with Gasteiger partial charge < -0.3 is 24.0 Å². The lowest BCUT2D eigenvalue weighted by Crippen LogP contribution is -2.41. The van der Waals surface area contributed by atoms with E-state index in [1.54, 1.807) is 12.3 Å². The van der Waals surface area contributed by atoms with Crippen molar-refractivity contribution in [1.29, 1.82) is 0 Å². The van der Waals surface area contributed by atoms with Gasteiger partial charge >= 0.3 is 11.4 Å². The molecular formula is C31H51ClN6O7. The highest BCUT2D eigenvalue weighted by atomic mass is 35.5. The largest absolute Gasteiger partial charge is 0.381 e. The average Bonchev–Trinajstić information content (AvgIpc) is 3.64. The number of anilines is 1. The summed E-state index contributed by atoms with van der Waals surface area (Å²) in [6, 6.07) is 3.05. The fraction of sp³-hybridized carbons (Fsp3) is 0.677. The first-order valence-electron chi connectivity index (χ1n) is 15.7. The number of halogens is 1. The maximum Gasteiger partial charge on any atom is 0.310 e. The number of morpholine rings is 1. The minimum atomic E-state index is -0.574. The Labute approximate surface area is 272 Å². The predicted octanol–water partition coefficient (Wildman–Crippen LogP) is 6.58. The van der Waals surface area contributed by atoms with Gasteiger partial charge in [0, 0.05) is 45.3 Å². The van der Waals surface area contributed by atoms with Crippen LogP contribution in [0.2, 0.25) is 5.02 Å². The Bertz CT molecular complexity index is 1070. The number of ether oxygens (including phenoxy) is 3. The van der Waals surface area contributed by atoms with Gasteiger partial charge in [-0.25, -0.2) is 0 Å². The molecule has 3 saturated heterocycles. The third-order valence-corrected chi connectivity index (χ3v) is 7.40. The third-order valence-electron chi connectivity index (χ3n) is 7.08. The smallest absolute Gasteiger partial charge is 0.310 e. The highest BCUT2D eigenvalue weighted by Crippen LogP contribution is 2.27. The second-order valence-corrected chi connectivity index (χ2v) is 10.9. The van der Waals surface area contributed by atoms with Gasteiger partial charge in [0.2, 0.25) is 0 Å². The van der Waals surface area contributed by atoms with E-state index in [0.717, 1.165) is 26.0 Å². The summed E-state index contributed by atoms with van der Waals surface area (Å²) in [5, 5.41) is 21.1. The van der Waals surface area contributed by atoms with E-state index in [4.69, 9.17) is 25.8 Å². The summed E-state index contributed by atoms with van der Waals surface area (Å²) >= 11 is 5.44. The van der Waals surface area contributed by atoms with Crippen LogP contribution in [0.4, 0.5) is 17.1 Å². The first-order chi connectivity index (χ1) is 21.6. The first-order valence-corrected chi connectivity index (χ1v) is 16.1. The monoisotopic (exact) mass is 654 g/mol. The van der Waals surface area contributed by atoms with E-state index in [9.17, 15) is 20.2 Å². The second kappa shape index (κ2) is 24.3. The zero-order chi connectivity index (χ0) is 33.5. The molecule has 0 bridgehead atoms. The molecule has 3 aliphatic heterocycles. The molecule has 0 radical (unpaired) electrons. The molecule has 5 heterocycles. The first kappa shape index (κ1) is 40.1. The zero-order valence-corrected chi connectivity index (χ0v) is 28.2. The number of hydrogen-bond donors (Lipinski definition) is 0. The third kappa shape index (κ3) is 17.3.